The van der Waals surface area contributed by atoms with E-state index in [-0.39, 0.29) is 5.91 Å². The van der Waals surface area contributed by atoms with Gasteiger partial charge in [-0.2, -0.15) is 5.10 Å². The molecular weight excluding hydrogens is 252 g/mol. The van der Waals surface area contributed by atoms with Crippen molar-refractivity contribution in [3.63, 3.8) is 0 Å². The van der Waals surface area contributed by atoms with Crippen molar-refractivity contribution in [1.29, 1.82) is 0 Å². The van der Waals surface area contributed by atoms with Crippen LogP contribution < -0.4 is 4.74 Å². The van der Waals surface area contributed by atoms with E-state index in [1.165, 1.54) is 23.9 Å². The van der Waals surface area contributed by atoms with Gasteiger partial charge in [0.1, 0.15) is 5.75 Å². The smallest absolute Gasteiger partial charge is 0.278 e. The van der Waals surface area contributed by atoms with Gasteiger partial charge in [-0.1, -0.05) is 6.42 Å². The number of benzene rings is 1. The van der Waals surface area contributed by atoms with Crippen LogP contribution in [0.2, 0.25) is 0 Å². The van der Waals surface area contributed by atoms with E-state index in [2.05, 4.69) is 5.10 Å². The number of ether oxygens (including phenoxy) is 1. The van der Waals surface area contributed by atoms with E-state index in [9.17, 15) is 4.79 Å². The van der Waals surface area contributed by atoms with E-state index < -0.39 is 0 Å². The predicted octanol–water partition coefficient (Wildman–Crippen LogP) is 3.28. The monoisotopic (exact) mass is 270 g/mol. The summed E-state index contributed by atoms with van der Waals surface area (Å²) in [6, 6.07) is 9.06. The molecule has 4 nitrogen and oxygen atoms in total. The minimum absolute atomic E-state index is 0.126. The second-order valence-electron chi connectivity index (χ2n) is 5.16. The highest BCUT2D eigenvalue weighted by atomic mass is 16.5. The van der Waals surface area contributed by atoms with Crippen molar-refractivity contribution >= 4 is 5.91 Å². The third-order valence-electron chi connectivity index (χ3n) is 3.67. The average Bonchev–Trinajstić information content (AvgIpc) is 3.03. The fraction of sp³-hybridized carbons (Fsp3) is 0.375. The lowest BCUT2D eigenvalue weighted by Crippen LogP contribution is -2.19. The molecule has 2 aromatic rings. The first-order chi connectivity index (χ1) is 9.83. The topological polar surface area (TPSA) is 44.1 Å². The summed E-state index contributed by atoms with van der Waals surface area (Å²) in [5, 5.41) is 3.94. The number of aromatic nitrogens is 2. The van der Waals surface area contributed by atoms with Gasteiger partial charge in [-0.25, -0.2) is 4.68 Å². The molecule has 0 saturated heterocycles. The molecule has 1 aromatic heterocycles. The quantitative estimate of drug-likeness (QED) is 0.859. The number of rotatable bonds is 3. The second-order valence-corrected chi connectivity index (χ2v) is 5.16. The van der Waals surface area contributed by atoms with Gasteiger partial charge in [0.25, 0.3) is 5.91 Å². The highest BCUT2D eigenvalue weighted by molar-refractivity contribution is 5.95. The van der Waals surface area contributed by atoms with E-state index in [1.54, 1.807) is 30.6 Å². The minimum Gasteiger partial charge on any atom is -0.490 e. The van der Waals surface area contributed by atoms with Crippen molar-refractivity contribution in [2.75, 3.05) is 0 Å². The molecular formula is C16H18N2O2. The summed E-state index contributed by atoms with van der Waals surface area (Å²) in [6.45, 7) is 0. The van der Waals surface area contributed by atoms with Crippen molar-refractivity contribution in [2.45, 2.75) is 38.2 Å². The van der Waals surface area contributed by atoms with E-state index in [0.29, 0.717) is 11.7 Å². The zero-order valence-electron chi connectivity index (χ0n) is 11.4. The summed E-state index contributed by atoms with van der Waals surface area (Å²) >= 11 is 0. The van der Waals surface area contributed by atoms with Crippen molar-refractivity contribution in [2.24, 2.45) is 0 Å². The fourth-order valence-corrected chi connectivity index (χ4v) is 2.57. The van der Waals surface area contributed by atoms with Crippen molar-refractivity contribution in [1.82, 2.24) is 9.78 Å². The highest BCUT2D eigenvalue weighted by Crippen LogP contribution is 2.23. The van der Waals surface area contributed by atoms with Crippen LogP contribution in [0.15, 0.2) is 42.7 Å². The van der Waals surface area contributed by atoms with Crippen LogP contribution in [0.4, 0.5) is 0 Å². The standard InChI is InChI=1S/C16H18N2O2/c19-16(18-12-4-11-17-18)13-7-9-15(10-8-13)20-14-5-2-1-3-6-14/h4,7-12,14H,1-3,5-6H2. The molecule has 0 aliphatic heterocycles. The zero-order chi connectivity index (χ0) is 13.8. The first-order valence-corrected chi connectivity index (χ1v) is 7.14. The third kappa shape index (κ3) is 2.90. The Labute approximate surface area is 118 Å². The normalized spacial score (nSPS) is 16.0. The lowest BCUT2D eigenvalue weighted by Gasteiger charge is -2.23. The van der Waals surface area contributed by atoms with Crippen LogP contribution in [0.1, 0.15) is 42.5 Å². The Morgan fingerprint density at radius 2 is 1.90 bits per heavy atom. The Hall–Kier alpha value is -2.10. The van der Waals surface area contributed by atoms with E-state index in [1.807, 2.05) is 12.1 Å². The molecule has 3 rings (SSSR count). The molecule has 0 N–H and O–H groups in total. The molecule has 1 fully saturated rings. The van der Waals surface area contributed by atoms with Gasteiger partial charge in [-0.15, -0.1) is 0 Å². The van der Waals surface area contributed by atoms with E-state index >= 15 is 0 Å². The molecule has 0 radical (unpaired) electrons. The van der Waals surface area contributed by atoms with Gasteiger partial charge in [0, 0.05) is 18.0 Å². The van der Waals surface area contributed by atoms with Gasteiger partial charge in [-0.05, 0) is 56.0 Å². The molecule has 1 heterocycles. The molecule has 1 saturated carbocycles. The maximum atomic E-state index is 12.1. The van der Waals surface area contributed by atoms with Crippen molar-refractivity contribution < 1.29 is 9.53 Å². The van der Waals surface area contributed by atoms with Crippen LogP contribution in [-0.2, 0) is 0 Å². The average molecular weight is 270 g/mol. The first kappa shape index (κ1) is 12.9. The number of hydrogen-bond acceptors (Lipinski definition) is 3. The third-order valence-corrected chi connectivity index (χ3v) is 3.67. The second kappa shape index (κ2) is 5.90. The van der Waals surface area contributed by atoms with Crippen LogP contribution in [0.25, 0.3) is 0 Å². The molecule has 0 bridgehead atoms. The molecule has 0 atom stereocenters. The zero-order valence-corrected chi connectivity index (χ0v) is 11.4. The fourth-order valence-electron chi connectivity index (χ4n) is 2.57. The van der Waals surface area contributed by atoms with Gasteiger partial charge in [-0.3, -0.25) is 4.79 Å². The van der Waals surface area contributed by atoms with Gasteiger partial charge >= 0.3 is 0 Å². The number of carbonyl (C=O) groups excluding carboxylic acids is 1. The number of carbonyl (C=O) groups is 1. The molecule has 0 unspecified atom stereocenters. The summed E-state index contributed by atoms with van der Waals surface area (Å²) in [5.41, 5.74) is 0.615. The molecule has 1 aliphatic carbocycles. The molecule has 1 aliphatic rings. The van der Waals surface area contributed by atoms with Gasteiger partial charge in [0.15, 0.2) is 0 Å². The van der Waals surface area contributed by atoms with E-state index in [0.717, 1.165) is 18.6 Å². The summed E-state index contributed by atoms with van der Waals surface area (Å²) in [5.74, 6) is 0.716. The predicted molar refractivity (Wildman–Crippen MR) is 75.9 cm³/mol. The lowest BCUT2D eigenvalue weighted by atomic mass is 9.98. The van der Waals surface area contributed by atoms with Gasteiger partial charge in [0.05, 0.1) is 6.10 Å². The maximum Gasteiger partial charge on any atom is 0.278 e. The van der Waals surface area contributed by atoms with Crippen molar-refractivity contribution in [3.05, 3.63) is 48.3 Å². The van der Waals surface area contributed by atoms with E-state index in [4.69, 9.17) is 4.74 Å². The van der Waals surface area contributed by atoms with Crippen LogP contribution in [-0.4, -0.2) is 21.8 Å². The SMILES string of the molecule is O=C(c1ccc(OC2CCCCC2)cc1)n1cccn1. The van der Waals surface area contributed by atoms with Gasteiger partial charge < -0.3 is 4.74 Å². The maximum absolute atomic E-state index is 12.1. The van der Waals surface area contributed by atoms with Crippen molar-refractivity contribution in [3.8, 4) is 5.75 Å². The Morgan fingerprint density at radius 3 is 2.55 bits per heavy atom. The Bertz CT molecular complexity index is 555. The van der Waals surface area contributed by atoms with Crippen LogP contribution >= 0.6 is 0 Å². The number of nitrogens with zero attached hydrogens (tertiary/aromatic N) is 2. The molecule has 104 valence electrons. The summed E-state index contributed by atoms with van der Waals surface area (Å²) in [7, 11) is 0. The van der Waals surface area contributed by atoms with Crippen LogP contribution in [0.5, 0.6) is 5.75 Å². The Kier molecular flexibility index (Phi) is 3.81. The summed E-state index contributed by atoms with van der Waals surface area (Å²) in [6.07, 6.45) is 9.66. The molecule has 20 heavy (non-hydrogen) atoms. The molecule has 0 spiro atoms. The lowest BCUT2D eigenvalue weighted by molar-refractivity contribution is 0.0945. The van der Waals surface area contributed by atoms with Crippen LogP contribution in [0.3, 0.4) is 0 Å². The molecule has 1 aromatic carbocycles. The summed E-state index contributed by atoms with van der Waals surface area (Å²) < 4.78 is 7.28. The Balaban J connectivity index is 1.66. The first-order valence-electron chi connectivity index (χ1n) is 7.14. The largest absolute Gasteiger partial charge is 0.490 e. The number of hydrogen-bond donors (Lipinski definition) is 0. The Morgan fingerprint density at radius 1 is 1.15 bits per heavy atom. The summed E-state index contributed by atoms with van der Waals surface area (Å²) in [4.78, 5) is 12.1. The van der Waals surface area contributed by atoms with Gasteiger partial charge in [0.2, 0.25) is 0 Å². The minimum atomic E-state index is -0.126. The molecule has 0 amide bonds. The van der Waals surface area contributed by atoms with Crippen LogP contribution in [0, 0.1) is 0 Å². The molecule has 4 heteroatoms. The highest BCUT2D eigenvalue weighted by Gasteiger charge is 2.15.